The molecule has 0 N–H and O–H groups in total. The molecule has 0 unspecified atom stereocenters. The van der Waals surface area contributed by atoms with Crippen molar-refractivity contribution in [3.8, 4) is 5.75 Å². The van der Waals surface area contributed by atoms with Gasteiger partial charge in [0.15, 0.2) is 11.2 Å². The third-order valence-corrected chi connectivity index (χ3v) is 7.70. The fourth-order valence-corrected chi connectivity index (χ4v) is 5.96. The van der Waals surface area contributed by atoms with E-state index in [0.717, 1.165) is 10.8 Å². The molecule has 6 rings (SSSR count). The summed E-state index contributed by atoms with van der Waals surface area (Å²) >= 11 is 0. The van der Waals surface area contributed by atoms with E-state index in [1.807, 2.05) is 30.3 Å². The van der Waals surface area contributed by atoms with E-state index >= 15 is 0 Å². The molecule has 1 aliphatic carbocycles. The van der Waals surface area contributed by atoms with E-state index in [0.29, 0.717) is 37.6 Å². The van der Waals surface area contributed by atoms with E-state index in [-0.39, 0.29) is 11.3 Å². The fourth-order valence-electron chi connectivity index (χ4n) is 5.96. The molecule has 0 aromatic heterocycles. The number of hydrogen-bond donors (Lipinski definition) is 0. The van der Waals surface area contributed by atoms with Crippen molar-refractivity contribution in [2.24, 2.45) is 10.8 Å². The van der Waals surface area contributed by atoms with Gasteiger partial charge in [-0.1, -0.05) is 30.3 Å². The van der Waals surface area contributed by atoms with E-state index < -0.39 is 34.4 Å². The van der Waals surface area contributed by atoms with Crippen LogP contribution in [-0.4, -0.2) is 48.9 Å². The highest BCUT2D eigenvalue weighted by atomic mass is 19.1. The van der Waals surface area contributed by atoms with Crippen LogP contribution in [0.3, 0.4) is 0 Å². The second kappa shape index (κ2) is 7.21. The van der Waals surface area contributed by atoms with Gasteiger partial charge in [0.2, 0.25) is 5.91 Å². The Morgan fingerprint density at radius 2 is 1.71 bits per heavy atom. The smallest absolute Gasteiger partial charge is 0.328 e. The molecule has 3 atom stereocenters. The summed E-state index contributed by atoms with van der Waals surface area (Å²) in [5.74, 6) is -2.30. The standard InChI is InChI=1S/C27H22FNO5/c1-26(23(30)17-6-9-18(28)10-7-17)22-21-19-5-3-2-4-16(19)8-11-20(21)34-25(32)27(22,26)24(31)29-12-14-33-15-13-29/h2-11,22H,12-15H2,1H3/t22-,26+,27-/m0/s1. The number of fused-ring (bicyclic) bond motifs is 5. The van der Waals surface area contributed by atoms with Crippen molar-refractivity contribution in [1.29, 1.82) is 0 Å². The third-order valence-electron chi connectivity index (χ3n) is 7.70. The first kappa shape index (κ1) is 21.0. The van der Waals surface area contributed by atoms with Gasteiger partial charge in [-0.2, -0.15) is 0 Å². The Labute approximate surface area is 195 Å². The lowest BCUT2D eigenvalue weighted by molar-refractivity contribution is -0.156. The maximum absolute atomic E-state index is 14.0. The summed E-state index contributed by atoms with van der Waals surface area (Å²) in [6.07, 6.45) is 0. The van der Waals surface area contributed by atoms with Gasteiger partial charge in [0.05, 0.1) is 18.6 Å². The first-order valence-electron chi connectivity index (χ1n) is 11.3. The van der Waals surface area contributed by atoms with Gasteiger partial charge >= 0.3 is 5.97 Å². The summed E-state index contributed by atoms with van der Waals surface area (Å²) in [7, 11) is 0. The predicted octanol–water partition coefficient (Wildman–Crippen LogP) is 3.73. The van der Waals surface area contributed by atoms with Crippen LogP contribution >= 0.6 is 0 Å². The largest absolute Gasteiger partial charge is 0.425 e. The quantitative estimate of drug-likeness (QED) is 0.258. The molecule has 2 aliphatic heterocycles. The van der Waals surface area contributed by atoms with Crippen molar-refractivity contribution in [1.82, 2.24) is 4.90 Å². The van der Waals surface area contributed by atoms with E-state index in [9.17, 15) is 18.8 Å². The summed E-state index contributed by atoms with van der Waals surface area (Å²) in [4.78, 5) is 43.2. The zero-order valence-corrected chi connectivity index (χ0v) is 18.5. The molecular formula is C27H22FNO5. The summed E-state index contributed by atoms with van der Waals surface area (Å²) in [5, 5.41) is 1.77. The van der Waals surface area contributed by atoms with Gasteiger partial charge < -0.3 is 14.4 Å². The number of carbonyl (C=O) groups excluding carboxylic acids is 3. The number of Topliss-reactive ketones (excluding diaryl/α,β-unsaturated/α-hetero) is 1. The summed E-state index contributed by atoms with van der Waals surface area (Å²) in [6, 6.07) is 16.4. The van der Waals surface area contributed by atoms with Crippen LogP contribution in [0.5, 0.6) is 5.75 Å². The lowest BCUT2D eigenvalue weighted by Crippen LogP contribution is -2.50. The van der Waals surface area contributed by atoms with Gasteiger partial charge in [-0.05, 0) is 48.0 Å². The predicted molar refractivity (Wildman–Crippen MR) is 121 cm³/mol. The second-order valence-corrected chi connectivity index (χ2v) is 9.27. The number of halogens is 1. The molecule has 172 valence electrons. The van der Waals surface area contributed by atoms with Crippen molar-refractivity contribution < 1.29 is 28.2 Å². The van der Waals surface area contributed by atoms with E-state index in [2.05, 4.69) is 0 Å². The summed E-state index contributed by atoms with van der Waals surface area (Å²) < 4.78 is 24.8. The molecule has 3 aromatic rings. The molecule has 0 spiro atoms. The number of amides is 1. The molecule has 3 aliphatic rings. The van der Waals surface area contributed by atoms with Gasteiger partial charge in [-0.15, -0.1) is 0 Å². The Hall–Kier alpha value is -3.58. The Kier molecular flexibility index (Phi) is 4.45. The van der Waals surface area contributed by atoms with Crippen molar-refractivity contribution >= 4 is 28.4 Å². The van der Waals surface area contributed by atoms with Crippen LogP contribution in [0.4, 0.5) is 4.39 Å². The molecule has 1 saturated carbocycles. The maximum Gasteiger partial charge on any atom is 0.328 e. The molecule has 0 bridgehead atoms. The number of esters is 1. The number of morpholine rings is 1. The number of ether oxygens (including phenoxy) is 2. The van der Waals surface area contributed by atoms with Gasteiger partial charge in [-0.25, -0.2) is 4.39 Å². The van der Waals surface area contributed by atoms with Gasteiger partial charge in [0, 0.05) is 30.1 Å². The van der Waals surface area contributed by atoms with Crippen LogP contribution in [0.25, 0.3) is 10.8 Å². The maximum atomic E-state index is 14.0. The zero-order valence-electron chi connectivity index (χ0n) is 18.5. The summed E-state index contributed by atoms with van der Waals surface area (Å²) in [5.41, 5.74) is -2.13. The Balaban J connectivity index is 1.57. The van der Waals surface area contributed by atoms with Gasteiger partial charge in [-0.3, -0.25) is 14.4 Å². The van der Waals surface area contributed by atoms with Crippen molar-refractivity contribution in [3.05, 3.63) is 77.6 Å². The molecule has 1 amide bonds. The third kappa shape index (κ3) is 2.56. The van der Waals surface area contributed by atoms with Crippen LogP contribution < -0.4 is 4.74 Å². The topological polar surface area (TPSA) is 72.9 Å². The van der Waals surface area contributed by atoms with E-state index in [4.69, 9.17) is 9.47 Å². The fraction of sp³-hybridized carbons (Fsp3) is 0.296. The molecule has 2 fully saturated rings. The summed E-state index contributed by atoms with van der Waals surface area (Å²) in [6.45, 7) is 3.07. The highest BCUT2D eigenvalue weighted by molar-refractivity contribution is 6.22. The lowest BCUT2D eigenvalue weighted by Gasteiger charge is -2.32. The van der Waals surface area contributed by atoms with Gasteiger partial charge in [0.25, 0.3) is 0 Å². The number of carbonyl (C=O) groups is 3. The zero-order chi connectivity index (χ0) is 23.7. The van der Waals surface area contributed by atoms with Crippen LogP contribution in [0.1, 0.15) is 28.8 Å². The molecule has 3 aromatic carbocycles. The molecule has 7 heteroatoms. The highest BCUT2D eigenvalue weighted by Gasteiger charge is 2.88. The number of nitrogens with zero attached hydrogens (tertiary/aromatic N) is 1. The Morgan fingerprint density at radius 3 is 2.44 bits per heavy atom. The molecule has 0 radical (unpaired) electrons. The number of benzene rings is 3. The van der Waals surface area contributed by atoms with Crippen LogP contribution in [0.2, 0.25) is 0 Å². The molecule has 6 nitrogen and oxygen atoms in total. The van der Waals surface area contributed by atoms with Crippen LogP contribution in [0.15, 0.2) is 60.7 Å². The molecule has 2 heterocycles. The van der Waals surface area contributed by atoms with Crippen LogP contribution in [-0.2, 0) is 14.3 Å². The van der Waals surface area contributed by atoms with Crippen molar-refractivity contribution in [3.63, 3.8) is 0 Å². The SMILES string of the molecule is C[C@]1(C(=O)c2ccc(F)cc2)[C@@H]2c3c(ccc4ccccc34)OC(=O)[C@@]21C(=O)N1CCOCC1. The van der Waals surface area contributed by atoms with Crippen molar-refractivity contribution in [2.45, 2.75) is 12.8 Å². The van der Waals surface area contributed by atoms with Crippen molar-refractivity contribution in [2.75, 3.05) is 26.3 Å². The first-order valence-corrected chi connectivity index (χ1v) is 11.3. The van der Waals surface area contributed by atoms with E-state index in [1.165, 1.54) is 24.3 Å². The average molecular weight is 459 g/mol. The Bertz CT molecular complexity index is 1360. The minimum absolute atomic E-state index is 0.252. The first-order chi connectivity index (χ1) is 16.4. The monoisotopic (exact) mass is 459 g/mol. The molecule has 34 heavy (non-hydrogen) atoms. The lowest BCUT2D eigenvalue weighted by atomic mass is 9.86. The minimum atomic E-state index is -1.69. The normalized spacial score (nSPS) is 27.5. The Morgan fingerprint density at radius 1 is 1.00 bits per heavy atom. The molecule has 1 saturated heterocycles. The minimum Gasteiger partial charge on any atom is -0.425 e. The van der Waals surface area contributed by atoms with Gasteiger partial charge in [0.1, 0.15) is 11.6 Å². The van der Waals surface area contributed by atoms with E-state index in [1.54, 1.807) is 17.9 Å². The van der Waals surface area contributed by atoms with Crippen LogP contribution in [0, 0.1) is 16.6 Å². The molecular weight excluding hydrogens is 437 g/mol. The second-order valence-electron chi connectivity index (χ2n) is 9.27. The number of hydrogen-bond acceptors (Lipinski definition) is 5. The average Bonchev–Trinajstić information content (AvgIpc) is 3.46. The number of ketones is 1. The number of rotatable bonds is 3. The highest BCUT2D eigenvalue weighted by Crippen LogP contribution is 2.79.